The quantitative estimate of drug-likeness (QED) is 0.431. The van der Waals surface area contributed by atoms with Crippen LogP contribution in [0.3, 0.4) is 0 Å². The standard InChI is InChI=1S/C18H21N5O6/c1-19-17(27)20-9-11-13(24)14(25)16(29-11)23-8-7-12(22-18(23)28)21-15(26)10-5-3-2-4-6-10/h2-8,11,13-14,16,24-25H,9H2,1H3,(H2,19,20,27)(H,21,22,26,28)/t11-,13?,14+,16-/m1/s1. The zero-order valence-electron chi connectivity index (χ0n) is 15.5. The third kappa shape index (κ3) is 4.59. The van der Waals surface area contributed by atoms with Gasteiger partial charge in [-0.1, -0.05) is 18.2 Å². The summed E-state index contributed by atoms with van der Waals surface area (Å²) in [6.45, 7) is -0.0677. The Morgan fingerprint density at radius 3 is 2.55 bits per heavy atom. The Labute approximate surface area is 165 Å². The van der Waals surface area contributed by atoms with E-state index >= 15 is 0 Å². The molecule has 0 aliphatic carbocycles. The van der Waals surface area contributed by atoms with Gasteiger partial charge in [-0.2, -0.15) is 4.98 Å². The summed E-state index contributed by atoms with van der Waals surface area (Å²) in [5.41, 5.74) is -0.380. The maximum absolute atomic E-state index is 12.4. The third-order valence-corrected chi connectivity index (χ3v) is 4.41. The van der Waals surface area contributed by atoms with Gasteiger partial charge >= 0.3 is 11.7 Å². The number of aliphatic hydroxyl groups excluding tert-OH is 2. The molecule has 0 spiro atoms. The number of urea groups is 1. The second-order valence-electron chi connectivity index (χ2n) is 6.33. The number of carbonyl (C=O) groups is 2. The van der Waals surface area contributed by atoms with Crippen molar-refractivity contribution in [1.29, 1.82) is 0 Å². The molecule has 154 valence electrons. The summed E-state index contributed by atoms with van der Waals surface area (Å²) in [7, 11) is 1.43. The maximum atomic E-state index is 12.4. The monoisotopic (exact) mass is 403 g/mol. The average molecular weight is 403 g/mol. The van der Waals surface area contributed by atoms with Gasteiger partial charge < -0.3 is 30.9 Å². The van der Waals surface area contributed by atoms with Crippen LogP contribution in [0.5, 0.6) is 0 Å². The molecule has 1 saturated heterocycles. The van der Waals surface area contributed by atoms with Crippen LogP contribution >= 0.6 is 0 Å². The summed E-state index contributed by atoms with van der Waals surface area (Å²) in [6, 6.07) is 9.33. The van der Waals surface area contributed by atoms with Crippen molar-refractivity contribution in [3.63, 3.8) is 0 Å². The smallest absolute Gasteiger partial charge is 0.351 e. The largest absolute Gasteiger partial charge is 0.387 e. The third-order valence-electron chi connectivity index (χ3n) is 4.41. The number of hydrogen-bond acceptors (Lipinski definition) is 7. The van der Waals surface area contributed by atoms with Crippen LogP contribution in [0.15, 0.2) is 47.4 Å². The summed E-state index contributed by atoms with van der Waals surface area (Å²) in [5.74, 6) is -0.394. The van der Waals surface area contributed by atoms with Crippen LogP contribution in [0.4, 0.5) is 10.6 Å². The first-order valence-electron chi connectivity index (χ1n) is 8.83. The molecule has 1 aliphatic rings. The number of nitrogens with zero attached hydrogens (tertiary/aromatic N) is 2. The van der Waals surface area contributed by atoms with Gasteiger partial charge in [0.05, 0.1) is 0 Å². The molecule has 3 rings (SSSR count). The molecule has 0 saturated carbocycles. The molecule has 1 aromatic carbocycles. The molecule has 29 heavy (non-hydrogen) atoms. The number of carbonyl (C=O) groups excluding carboxylic acids is 2. The van der Waals surface area contributed by atoms with Crippen molar-refractivity contribution in [3.8, 4) is 0 Å². The number of anilines is 1. The SMILES string of the molecule is CNC(=O)NC[C@H]1O[C@@H](n2ccc(NC(=O)c3ccccc3)nc2=O)[C@@H](O)C1O. The van der Waals surface area contributed by atoms with Gasteiger partial charge in [-0.25, -0.2) is 9.59 Å². The molecule has 11 heteroatoms. The first-order valence-corrected chi connectivity index (χ1v) is 8.83. The first kappa shape index (κ1) is 20.5. The molecule has 4 atom stereocenters. The molecule has 1 fully saturated rings. The normalized spacial score (nSPS) is 23.4. The van der Waals surface area contributed by atoms with Crippen LogP contribution in [0.1, 0.15) is 16.6 Å². The number of benzene rings is 1. The predicted octanol–water partition coefficient (Wildman–Crippen LogP) is -0.956. The van der Waals surface area contributed by atoms with Gasteiger partial charge in [-0.05, 0) is 18.2 Å². The van der Waals surface area contributed by atoms with Gasteiger partial charge in [0.2, 0.25) is 0 Å². The Morgan fingerprint density at radius 1 is 1.17 bits per heavy atom. The minimum absolute atomic E-state index is 0.0333. The zero-order valence-corrected chi connectivity index (χ0v) is 15.5. The van der Waals surface area contributed by atoms with Gasteiger partial charge in [0.15, 0.2) is 6.23 Å². The van der Waals surface area contributed by atoms with E-state index in [-0.39, 0.29) is 12.4 Å². The van der Waals surface area contributed by atoms with Crippen molar-refractivity contribution in [2.75, 3.05) is 18.9 Å². The fraction of sp³-hybridized carbons (Fsp3) is 0.333. The molecule has 0 radical (unpaired) electrons. The molecule has 3 amide bonds. The Balaban J connectivity index is 1.70. The number of amides is 3. The first-order chi connectivity index (χ1) is 13.9. The molecule has 11 nitrogen and oxygen atoms in total. The van der Waals surface area contributed by atoms with Gasteiger partial charge in [-0.3, -0.25) is 9.36 Å². The van der Waals surface area contributed by atoms with Crippen LogP contribution in [0.2, 0.25) is 0 Å². The molecule has 1 aromatic heterocycles. The van der Waals surface area contributed by atoms with Crippen LogP contribution in [-0.2, 0) is 4.74 Å². The Bertz CT molecular complexity index is 934. The number of aromatic nitrogens is 2. The molecule has 5 N–H and O–H groups in total. The fourth-order valence-corrected chi connectivity index (χ4v) is 2.86. The van der Waals surface area contributed by atoms with Gasteiger partial charge in [-0.15, -0.1) is 0 Å². The molecular formula is C18H21N5O6. The second kappa shape index (κ2) is 8.82. The van der Waals surface area contributed by atoms with E-state index in [9.17, 15) is 24.6 Å². The van der Waals surface area contributed by atoms with Crippen molar-refractivity contribution in [2.45, 2.75) is 24.5 Å². The molecular weight excluding hydrogens is 382 g/mol. The number of aliphatic hydroxyl groups is 2. The lowest BCUT2D eigenvalue weighted by Gasteiger charge is -2.17. The van der Waals surface area contributed by atoms with Crippen molar-refractivity contribution >= 4 is 17.8 Å². The molecule has 1 aliphatic heterocycles. The van der Waals surface area contributed by atoms with E-state index in [1.807, 2.05) is 0 Å². The predicted molar refractivity (Wildman–Crippen MR) is 101 cm³/mol. The van der Waals surface area contributed by atoms with Gasteiger partial charge in [0.1, 0.15) is 24.1 Å². The molecule has 2 aromatic rings. The van der Waals surface area contributed by atoms with Gasteiger partial charge in [0, 0.05) is 25.4 Å². The summed E-state index contributed by atoms with van der Waals surface area (Å²) in [4.78, 5) is 39.6. The summed E-state index contributed by atoms with van der Waals surface area (Å²) in [6.07, 6.45) is -3.54. The van der Waals surface area contributed by atoms with E-state index < -0.39 is 42.2 Å². The highest BCUT2D eigenvalue weighted by molar-refractivity contribution is 6.03. The number of rotatable bonds is 5. The Hall–Kier alpha value is -3.28. The molecule has 2 heterocycles. The van der Waals surface area contributed by atoms with E-state index in [0.29, 0.717) is 5.56 Å². The van der Waals surface area contributed by atoms with E-state index in [4.69, 9.17) is 4.74 Å². The highest BCUT2D eigenvalue weighted by Crippen LogP contribution is 2.28. The second-order valence-corrected chi connectivity index (χ2v) is 6.33. The van der Waals surface area contributed by atoms with Crippen LogP contribution in [0.25, 0.3) is 0 Å². The van der Waals surface area contributed by atoms with Crippen LogP contribution in [-0.4, -0.2) is 63.6 Å². The molecule has 1 unspecified atom stereocenters. The van der Waals surface area contributed by atoms with Crippen molar-refractivity contribution in [2.24, 2.45) is 0 Å². The topological polar surface area (TPSA) is 155 Å². The Morgan fingerprint density at radius 2 is 1.90 bits per heavy atom. The lowest BCUT2D eigenvalue weighted by molar-refractivity contribution is -0.0383. The molecule has 0 bridgehead atoms. The highest BCUT2D eigenvalue weighted by atomic mass is 16.6. The van der Waals surface area contributed by atoms with Gasteiger partial charge in [0.25, 0.3) is 5.91 Å². The lowest BCUT2D eigenvalue weighted by Crippen LogP contribution is -2.42. The zero-order chi connectivity index (χ0) is 21.0. The maximum Gasteiger partial charge on any atom is 0.351 e. The van der Waals surface area contributed by atoms with E-state index in [0.717, 1.165) is 4.57 Å². The fourth-order valence-electron chi connectivity index (χ4n) is 2.86. The Kier molecular flexibility index (Phi) is 6.22. The number of ether oxygens (including phenoxy) is 1. The highest BCUT2D eigenvalue weighted by Gasteiger charge is 2.44. The summed E-state index contributed by atoms with van der Waals surface area (Å²) in [5, 5.41) is 27.7. The van der Waals surface area contributed by atoms with Crippen molar-refractivity contribution < 1.29 is 24.5 Å². The van der Waals surface area contributed by atoms with Crippen LogP contribution in [0, 0.1) is 0 Å². The van der Waals surface area contributed by atoms with E-state index in [1.165, 1.54) is 19.3 Å². The minimum Gasteiger partial charge on any atom is -0.387 e. The van der Waals surface area contributed by atoms with Crippen molar-refractivity contribution in [1.82, 2.24) is 20.2 Å². The number of hydrogen-bond donors (Lipinski definition) is 5. The summed E-state index contributed by atoms with van der Waals surface area (Å²) >= 11 is 0. The summed E-state index contributed by atoms with van der Waals surface area (Å²) < 4.78 is 6.54. The minimum atomic E-state index is -1.41. The van der Waals surface area contributed by atoms with Crippen LogP contribution < -0.4 is 21.6 Å². The van der Waals surface area contributed by atoms with E-state index in [1.54, 1.807) is 30.3 Å². The average Bonchev–Trinajstić information content (AvgIpc) is 3.01. The van der Waals surface area contributed by atoms with E-state index in [2.05, 4.69) is 20.9 Å². The lowest BCUT2D eigenvalue weighted by atomic mass is 10.1. The number of nitrogens with one attached hydrogen (secondary N) is 3. The van der Waals surface area contributed by atoms with Crippen molar-refractivity contribution in [3.05, 3.63) is 58.6 Å².